The SMILES string of the molecule is CCN(CC)c1nc(Cl)nc(Sc2cc(Cl)ccc2Cl)n1. The summed E-state index contributed by atoms with van der Waals surface area (Å²) >= 11 is 19.4. The smallest absolute Gasteiger partial charge is 0.230 e. The number of hydrogen-bond acceptors (Lipinski definition) is 5. The quantitative estimate of drug-likeness (QED) is 0.761. The van der Waals surface area contributed by atoms with E-state index in [2.05, 4.69) is 15.0 Å². The van der Waals surface area contributed by atoms with Crippen molar-refractivity contribution in [2.45, 2.75) is 23.9 Å². The molecule has 21 heavy (non-hydrogen) atoms. The molecule has 0 N–H and O–H groups in total. The third-order valence-electron chi connectivity index (χ3n) is 2.72. The summed E-state index contributed by atoms with van der Waals surface area (Å²) in [5, 5.41) is 1.84. The minimum atomic E-state index is 0.160. The summed E-state index contributed by atoms with van der Waals surface area (Å²) in [6.45, 7) is 5.64. The number of nitrogens with zero attached hydrogens (tertiary/aromatic N) is 4. The molecule has 4 nitrogen and oxygen atoms in total. The molecule has 1 aromatic carbocycles. The van der Waals surface area contributed by atoms with Crippen LogP contribution in [-0.2, 0) is 0 Å². The molecule has 0 aliphatic carbocycles. The average Bonchev–Trinajstić information content (AvgIpc) is 2.44. The van der Waals surface area contributed by atoms with Gasteiger partial charge in [0.05, 0.1) is 5.02 Å². The van der Waals surface area contributed by atoms with E-state index in [1.54, 1.807) is 18.2 Å². The number of hydrogen-bond donors (Lipinski definition) is 0. The summed E-state index contributed by atoms with van der Waals surface area (Å²) < 4.78 is 0. The van der Waals surface area contributed by atoms with Crippen LogP contribution in [0.15, 0.2) is 28.3 Å². The van der Waals surface area contributed by atoms with Crippen molar-refractivity contribution < 1.29 is 0 Å². The standard InChI is InChI=1S/C13H13Cl3N4S/c1-3-20(4-2)12-17-11(16)18-13(19-12)21-10-7-8(14)5-6-9(10)15/h5-7H,3-4H2,1-2H3. The van der Waals surface area contributed by atoms with Crippen LogP contribution >= 0.6 is 46.6 Å². The zero-order valence-electron chi connectivity index (χ0n) is 11.5. The van der Waals surface area contributed by atoms with Crippen LogP contribution in [-0.4, -0.2) is 28.0 Å². The molecule has 0 fully saturated rings. The third kappa shape index (κ3) is 4.36. The Bertz CT molecular complexity index is 635. The Labute approximate surface area is 142 Å². The predicted molar refractivity (Wildman–Crippen MR) is 89.0 cm³/mol. The first-order valence-electron chi connectivity index (χ1n) is 6.33. The van der Waals surface area contributed by atoms with Crippen LogP contribution < -0.4 is 4.90 Å². The second kappa shape index (κ2) is 7.49. The van der Waals surface area contributed by atoms with E-state index >= 15 is 0 Å². The maximum atomic E-state index is 6.15. The fourth-order valence-corrected chi connectivity index (χ4v) is 3.15. The number of aromatic nitrogens is 3. The van der Waals surface area contributed by atoms with E-state index in [1.165, 1.54) is 11.8 Å². The van der Waals surface area contributed by atoms with Gasteiger partial charge in [-0.1, -0.05) is 23.2 Å². The molecule has 2 aromatic rings. The van der Waals surface area contributed by atoms with E-state index in [1.807, 2.05) is 18.7 Å². The Balaban J connectivity index is 2.34. The van der Waals surface area contributed by atoms with Crippen LogP contribution in [0.2, 0.25) is 15.3 Å². The van der Waals surface area contributed by atoms with Crippen molar-refractivity contribution in [2.75, 3.05) is 18.0 Å². The van der Waals surface area contributed by atoms with Gasteiger partial charge in [0.1, 0.15) is 0 Å². The molecule has 0 atom stereocenters. The van der Waals surface area contributed by atoms with Gasteiger partial charge in [-0.3, -0.25) is 0 Å². The lowest BCUT2D eigenvalue weighted by Gasteiger charge is -2.18. The van der Waals surface area contributed by atoms with Gasteiger partial charge in [-0.25, -0.2) is 0 Å². The van der Waals surface area contributed by atoms with E-state index in [9.17, 15) is 0 Å². The topological polar surface area (TPSA) is 41.9 Å². The van der Waals surface area contributed by atoms with Gasteiger partial charge in [-0.15, -0.1) is 0 Å². The van der Waals surface area contributed by atoms with E-state index in [0.29, 0.717) is 21.2 Å². The summed E-state index contributed by atoms with van der Waals surface area (Å²) in [7, 11) is 0. The fraction of sp³-hybridized carbons (Fsp3) is 0.308. The lowest BCUT2D eigenvalue weighted by atomic mass is 10.4. The maximum Gasteiger partial charge on any atom is 0.230 e. The van der Waals surface area contributed by atoms with E-state index in [-0.39, 0.29) is 5.28 Å². The van der Waals surface area contributed by atoms with Gasteiger partial charge in [-0.2, -0.15) is 15.0 Å². The number of benzene rings is 1. The molecule has 0 spiro atoms. The van der Waals surface area contributed by atoms with Gasteiger partial charge in [0, 0.05) is 23.0 Å². The summed E-state index contributed by atoms with van der Waals surface area (Å²) in [6, 6.07) is 5.24. The molecule has 2 rings (SSSR count). The molecule has 0 saturated carbocycles. The Kier molecular flexibility index (Phi) is 5.93. The molecule has 0 aliphatic rings. The molecule has 1 aromatic heterocycles. The largest absolute Gasteiger partial charge is 0.341 e. The molecule has 0 unspecified atom stereocenters. The van der Waals surface area contributed by atoms with E-state index < -0.39 is 0 Å². The van der Waals surface area contributed by atoms with Gasteiger partial charge < -0.3 is 4.90 Å². The molecule has 0 amide bonds. The molecule has 1 heterocycles. The van der Waals surface area contributed by atoms with Crippen molar-refractivity contribution in [3.63, 3.8) is 0 Å². The minimum absolute atomic E-state index is 0.160. The summed E-state index contributed by atoms with van der Waals surface area (Å²) in [6.07, 6.45) is 0. The average molecular weight is 364 g/mol. The first kappa shape index (κ1) is 16.6. The van der Waals surface area contributed by atoms with Crippen molar-refractivity contribution in [1.29, 1.82) is 0 Å². The summed E-state index contributed by atoms with van der Waals surface area (Å²) in [4.78, 5) is 15.5. The zero-order chi connectivity index (χ0) is 15.4. The van der Waals surface area contributed by atoms with E-state index in [4.69, 9.17) is 34.8 Å². The highest BCUT2D eigenvalue weighted by Crippen LogP contribution is 2.34. The van der Waals surface area contributed by atoms with Crippen LogP contribution in [0, 0.1) is 0 Å². The Hall–Kier alpha value is -0.750. The normalized spacial score (nSPS) is 10.7. The molecule has 0 saturated heterocycles. The summed E-state index contributed by atoms with van der Waals surface area (Å²) in [5.41, 5.74) is 0. The second-order valence-corrected chi connectivity index (χ2v) is 6.23. The van der Waals surface area contributed by atoms with Gasteiger partial charge in [-0.05, 0) is 55.4 Å². The minimum Gasteiger partial charge on any atom is -0.341 e. The van der Waals surface area contributed by atoms with Gasteiger partial charge >= 0.3 is 0 Å². The summed E-state index contributed by atoms with van der Waals surface area (Å²) in [5.74, 6) is 0.556. The zero-order valence-corrected chi connectivity index (χ0v) is 14.6. The maximum absolute atomic E-state index is 6.15. The van der Waals surface area contributed by atoms with Crippen LogP contribution in [0.4, 0.5) is 5.95 Å². The monoisotopic (exact) mass is 362 g/mol. The number of rotatable bonds is 5. The molecular formula is C13H13Cl3N4S. The third-order valence-corrected chi connectivity index (χ3v) is 4.49. The van der Waals surface area contributed by atoms with E-state index in [0.717, 1.165) is 18.0 Å². The van der Waals surface area contributed by atoms with Crippen molar-refractivity contribution in [2.24, 2.45) is 0 Å². The van der Waals surface area contributed by atoms with Gasteiger partial charge in [0.25, 0.3) is 0 Å². The molecule has 112 valence electrons. The number of anilines is 1. The highest BCUT2D eigenvalue weighted by atomic mass is 35.5. The molecular weight excluding hydrogens is 351 g/mol. The Morgan fingerprint density at radius 2 is 1.76 bits per heavy atom. The molecule has 0 bridgehead atoms. The van der Waals surface area contributed by atoms with Crippen molar-refractivity contribution in [1.82, 2.24) is 15.0 Å². The molecule has 8 heteroatoms. The highest BCUT2D eigenvalue weighted by Gasteiger charge is 2.12. The Morgan fingerprint density at radius 3 is 2.43 bits per heavy atom. The van der Waals surface area contributed by atoms with Gasteiger partial charge in [0.2, 0.25) is 11.2 Å². The van der Waals surface area contributed by atoms with Crippen LogP contribution in [0.3, 0.4) is 0 Å². The van der Waals surface area contributed by atoms with Crippen LogP contribution in [0.5, 0.6) is 0 Å². The number of halogens is 3. The van der Waals surface area contributed by atoms with Crippen molar-refractivity contribution >= 4 is 52.5 Å². The lowest BCUT2D eigenvalue weighted by molar-refractivity contribution is 0.782. The van der Waals surface area contributed by atoms with Crippen LogP contribution in [0.1, 0.15) is 13.8 Å². The second-order valence-electron chi connectivity index (χ2n) is 4.04. The first-order chi connectivity index (χ1) is 10.0. The van der Waals surface area contributed by atoms with Crippen LogP contribution in [0.25, 0.3) is 0 Å². The highest BCUT2D eigenvalue weighted by molar-refractivity contribution is 7.99. The fourth-order valence-electron chi connectivity index (χ4n) is 1.67. The predicted octanol–water partition coefficient (Wildman–Crippen LogP) is 4.83. The van der Waals surface area contributed by atoms with Crippen molar-refractivity contribution in [3.05, 3.63) is 33.5 Å². The van der Waals surface area contributed by atoms with Gasteiger partial charge in [0.15, 0.2) is 5.16 Å². The Morgan fingerprint density at radius 1 is 1.05 bits per heavy atom. The first-order valence-corrected chi connectivity index (χ1v) is 8.28. The van der Waals surface area contributed by atoms with Crippen molar-refractivity contribution in [3.8, 4) is 0 Å². The lowest BCUT2D eigenvalue weighted by Crippen LogP contribution is -2.24. The molecule has 0 radical (unpaired) electrons. The molecule has 0 aliphatic heterocycles.